The molecule has 1 fully saturated rings. The molecule has 1 aromatic heterocycles. The van der Waals surface area contributed by atoms with Crippen LogP contribution in [0.15, 0.2) is 51.7 Å². The van der Waals surface area contributed by atoms with E-state index in [-0.39, 0.29) is 11.3 Å². The van der Waals surface area contributed by atoms with E-state index >= 15 is 0 Å². The lowest BCUT2D eigenvalue weighted by atomic mass is 10.1. The van der Waals surface area contributed by atoms with Crippen molar-refractivity contribution in [3.05, 3.63) is 52.7 Å². The van der Waals surface area contributed by atoms with E-state index in [1.807, 2.05) is 6.07 Å². The van der Waals surface area contributed by atoms with Crippen LogP contribution < -0.4 is 10.3 Å². The van der Waals surface area contributed by atoms with Gasteiger partial charge in [-0.3, -0.25) is 14.5 Å². The summed E-state index contributed by atoms with van der Waals surface area (Å²) < 4.78 is 6.27. The van der Waals surface area contributed by atoms with Crippen molar-refractivity contribution in [2.75, 3.05) is 10.7 Å². The second-order valence-electron chi connectivity index (χ2n) is 4.89. The number of thioether (sulfide) groups is 1. The summed E-state index contributed by atoms with van der Waals surface area (Å²) >= 11 is 6.53. The van der Waals surface area contributed by atoms with Gasteiger partial charge in [0.25, 0.3) is 0 Å². The number of benzene rings is 2. The summed E-state index contributed by atoms with van der Waals surface area (Å²) in [4.78, 5) is 26.0. The van der Waals surface area contributed by atoms with Crippen molar-refractivity contribution in [2.45, 2.75) is 0 Å². The Morgan fingerprint density at radius 2 is 1.82 bits per heavy atom. The Morgan fingerprint density at radius 3 is 2.59 bits per heavy atom. The molecule has 0 atom stereocenters. The summed E-state index contributed by atoms with van der Waals surface area (Å²) in [5, 5.41) is 0.973. The van der Waals surface area contributed by atoms with Crippen molar-refractivity contribution in [1.82, 2.24) is 0 Å². The zero-order chi connectivity index (χ0) is 15.3. The van der Waals surface area contributed by atoms with Gasteiger partial charge in [-0.2, -0.15) is 0 Å². The molecule has 108 valence electrons. The van der Waals surface area contributed by atoms with E-state index in [0.29, 0.717) is 37.7 Å². The quantitative estimate of drug-likeness (QED) is 0.507. The molecule has 2 heterocycles. The standard InChI is InChI=1S/C16H9NO3S2/c18-14-8-22-16(21)17(14)9-5-6-13-11(7-9)15(19)10-3-1-2-4-12(10)20-13/h1-7H,8H2. The average molecular weight is 327 g/mol. The summed E-state index contributed by atoms with van der Waals surface area (Å²) in [6.07, 6.45) is 0. The molecule has 0 bridgehead atoms. The van der Waals surface area contributed by atoms with Crippen LogP contribution in [-0.4, -0.2) is 16.0 Å². The SMILES string of the molecule is O=C1CSC(=S)N1c1ccc2oc3ccccc3c(=O)c2c1. The van der Waals surface area contributed by atoms with Crippen molar-refractivity contribution in [2.24, 2.45) is 0 Å². The Balaban J connectivity index is 1.99. The normalized spacial score (nSPS) is 15.2. The van der Waals surface area contributed by atoms with Crippen LogP contribution in [0.5, 0.6) is 0 Å². The first kappa shape index (κ1) is 13.5. The molecule has 0 spiro atoms. The Bertz CT molecular complexity index is 993. The van der Waals surface area contributed by atoms with Crippen molar-refractivity contribution < 1.29 is 9.21 Å². The fraction of sp³-hybridized carbons (Fsp3) is 0.0625. The van der Waals surface area contributed by atoms with Gasteiger partial charge >= 0.3 is 0 Å². The smallest absolute Gasteiger partial charge is 0.243 e. The van der Waals surface area contributed by atoms with E-state index in [2.05, 4.69) is 0 Å². The van der Waals surface area contributed by atoms with Gasteiger partial charge in [-0.1, -0.05) is 36.1 Å². The molecule has 0 N–H and O–H groups in total. The third-order valence-corrected chi connectivity index (χ3v) is 4.93. The predicted octanol–water partition coefficient (Wildman–Crippen LogP) is 3.31. The van der Waals surface area contributed by atoms with Gasteiger partial charge in [0.05, 0.1) is 22.2 Å². The summed E-state index contributed by atoms with van der Waals surface area (Å²) in [5.41, 5.74) is 1.55. The predicted molar refractivity (Wildman–Crippen MR) is 92.5 cm³/mol. The summed E-state index contributed by atoms with van der Waals surface area (Å²) in [6.45, 7) is 0. The lowest BCUT2D eigenvalue weighted by Gasteiger charge is -2.15. The van der Waals surface area contributed by atoms with Gasteiger partial charge < -0.3 is 4.42 Å². The van der Waals surface area contributed by atoms with Gasteiger partial charge in [0.15, 0.2) is 0 Å². The number of para-hydroxylation sites is 1. The lowest BCUT2D eigenvalue weighted by molar-refractivity contribution is -0.115. The molecule has 1 amide bonds. The molecule has 2 aromatic carbocycles. The highest BCUT2D eigenvalue weighted by atomic mass is 32.2. The number of rotatable bonds is 1. The van der Waals surface area contributed by atoms with E-state index in [4.69, 9.17) is 16.6 Å². The molecule has 1 aliphatic heterocycles. The summed E-state index contributed by atoms with van der Waals surface area (Å²) in [5.74, 6) is 0.267. The number of nitrogens with zero attached hydrogens (tertiary/aromatic N) is 1. The molecule has 3 aromatic rings. The number of anilines is 1. The van der Waals surface area contributed by atoms with Crippen LogP contribution in [0.3, 0.4) is 0 Å². The fourth-order valence-electron chi connectivity index (χ4n) is 2.53. The monoisotopic (exact) mass is 327 g/mol. The average Bonchev–Trinajstić information content (AvgIpc) is 2.86. The van der Waals surface area contributed by atoms with E-state index in [9.17, 15) is 9.59 Å². The Labute approximate surface area is 134 Å². The van der Waals surface area contributed by atoms with Crippen molar-refractivity contribution >= 4 is 61.8 Å². The molecule has 6 heteroatoms. The molecule has 0 saturated carbocycles. The summed E-state index contributed by atoms with van der Waals surface area (Å²) in [7, 11) is 0. The van der Waals surface area contributed by atoms with Crippen LogP contribution in [0.25, 0.3) is 21.9 Å². The third-order valence-electron chi connectivity index (χ3n) is 3.57. The fourth-order valence-corrected chi connectivity index (χ4v) is 3.63. The van der Waals surface area contributed by atoms with E-state index < -0.39 is 0 Å². The number of thiocarbonyl (C=S) groups is 1. The van der Waals surface area contributed by atoms with Gasteiger partial charge in [-0.15, -0.1) is 0 Å². The third kappa shape index (κ3) is 1.95. The molecular weight excluding hydrogens is 318 g/mol. The van der Waals surface area contributed by atoms with Crippen LogP contribution in [-0.2, 0) is 4.79 Å². The Hall–Kier alpha value is -2.18. The summed E-state index contributed by atoms with van der Waals surface area (Å²) in [6, 6.07) is 12.2. The van der Waals surface area contributed by atoms with Crippen molar-refractivity contribution in [3.8, 4) is 0 Å². The van der Waals surface area contributed by atoms with Crippen LogP contribution in [0.4, 0.5) is 5.69 Å². The Kier molecular flexibility index (Phi) is 3.02. The van der Waals surface area contributed by atoms with Crippen LogP contribution >= 0.6 is 24.0 Å². The molecular formula is C16H9NO3S2. The number of hydrogen-bond donors (Lipinski definition) is 0. The maximum Gasteiger partial charge on any atom is 0.243 e. The molecule has 1 aliphatic rings. The first-order chi connectivity index (χ1) is 10.6. The number of carbonyl (C=O) groups excluding carboxylic acids is 1. The maximum atomic E-state index is 12.6. The molecule has 0 unspecified atom stereocenters. The second-order valence-corrected chi connectivity index (χ2v) is 6.50. The molecule has 0 aliphatic carbocycles. The molecule has 0 radical (unpaired) electrons. The first-order valence-corrected chi connectivity index (χ1v) is 8.00. The Morgan fingerprint density at radius 1 is 1.05 bits per heavy atom. The minimum absolute atomic E-state index is 0.0699. The van der Waals surface area contributed by atoms with Gasteiger partial charge in [0.1, 0.15) is 15.5 Å². The van der Waals surface area contributed by atoms with Crippen molar-refractivity contribution in [1.29, 1.82) is 0 Å². The van der Waals surface area contributed by atoms with Gasteiger partial charge in [0.2, 0.25) is 11.3 Å². The number of hydrogen-bond acceptors (Lipinski definition) is 5. The zero-order valence-corrected chi connectivity index (χ0v) is 12.9. The van der Waals surface area contributed by atoms with Gasteiger partial charge in [-0.05, 0) is 30.3 Å². The highest BCUT2D eigenvalue weighted by Gasteiger charge is 2.28. The van der Waals surface area contributed by atoms with Crippen molar-refractivity contribution in [3.63, 3.8) is 0 Å². The zero-order valence-electron chi connectivity index (χ0n) is 11.2. The van der Waals surface area contributed by atoms with Crippen LogP contribution in [0.1, 0.15) is 0 Å². The number of fused-ring (bicyclic) bond motifs is 2. The van der Waals surface area contributed by atoms with E-state index in [1.54, 1.807) is 36.4 Å². The van der Waals surface area contributed by atoms with Crippen LogP contribution in [0, 0.1) is 0 Å². The molecule has 4 rings (SSSR count). The number of amides is 1. The topological polar surface area (TPSA) is 50.5 Å². The minimum atomic E-state index is -0.107. The first-order valence-electron chi connectivity index (χ1n) is 6.60. The minimum Gasteiger partial charge on any atom is -0.456 e. The lowest BCUT2D eigenvalue weighted by Crippen LogP contribution is -2.27. The molecule has 4 nitrogen and oxygen atoms in total. The van der Waals surface area contributed by atoms with E-state index in [0.717, 1.165) is 0 Å². The highest BCUT2D eigenvalue weighted by molar-refractivity contribution is 8.24. The van der Waals surface area contributed by atoms with Gasteiger partial charge in [-0.25, -0.2) is 0 Å². The highest BCUT2D eigenvalue weighted by Crippen LogP contribution is 2.29. The largest absolute Gasteiger partial charge is 0.456 e. The maximum absolute atomic E-state index is 12.6. The second kappa shape index (κ2) is 4.93. The van der Waals surface area contributed by atoms with Gasteiger partial charge in [0, 0.05) is 0 Å². The molecule has 1 saturated heterocycles. The van der Waals surface area contributed by atoms with Crippen LogP contribution in [0.2, 0.25) is 0 Å². The molecule has 22 heavy (non-hydrogen) atoms. The number of carbonyl (C=O) groups is 1. The van der Waals surface area contributed by atoms with E-state index in [1.165, 1.54) is 16.7 Å².